The maximum Gasteiger partial charge on any atom is 0.0131 e. The van der Waals surface area contributed by atoms with E-state index >= 15 is 0 Å². The average Bonchev–Trinajstić information content (AvgIpc) is 2.20. The van der Waals surface area contributed by atoms with Gasteiger partial charge in [-0.1, -0.05) is 32.1 Å². The lowest BCUT2D eigenvalue weighted by Crippen LogP contribution is -2.40. The molecule has 2 fully saturated rings. The molecule has 0 unspecified atom stereocenters. The van der Waals surface area contributed by atoms with Crippen LogP contribution in [0.25, 0.3) is 0 Å². The Morgan fingerprint density at radius 2 is 1.31 bits per heavy atom. The minimum Gasteiger partial charge on any atom is -0.269 e. The Morgan fingerprint density at radius 3 is 1.92 bits per heavy atom. The molecule has 2 aliphatic rings. The van der Waals surface area contributed by atoms with E-state index in [1.165, 1.54) is 44.9 Å². The van der Waals surface area contributed by atoms with Crippen molar-refractivity contribution in [3.8, 4) is 0 Å². The van der Waals surface area contributed by atoms with Crippen LogP contribution in [-0.4, -0.2) is 18.1 Å². The Labute approximate surface area is 81.4 Å². The number of hydrazine groups is 1. The van der Waals surface area contributed by atoms with E-state index in [1.807, 2.05) is 5.01 Å². The van der Waals surface area contributed by atoms with Gasteiger partial charge in [-0.05, 0) is 24.7 Å². The molecule has 0 aromatic rings. The molecule has 0 spiro atoms. The summed E-state index contributed by atoms with van der Waals surface area (Å²) in [6.07, 6.45) is 10.1. The lowest BCUT2D eigenvalue weighted by molar-refractivity contribution is 0.128. The molecular weight excluding hydrogens is 160 g/mol. The van der Waals surface area contributed by atoms with Crippen LogP contribution in [-0.2, 0) is 0 Å². The van der Waals surface area contributed by atoms with Gasteiger partial charge in [0.25, 0.3) is 0 Å². The third kappa shape index (κ3) is 2.44. The van der Waals surface area contributed by atoms with E-state index < -0.39 is 0 Å². The maximum absolute atomic E-state index is 5.76. The Morgan fingerprint density at radius 1 is 0.769 bits per heavy atom. The van der Waals surface area contributed by atoms with E-state index in [4.69, 9.17) is 5.84 Å². The number of hydrogen-bond acceptors (Lipinski definition) is 2. The van der Waals surface area contributed by atoms with Crippen LogP contribution in [0.3, 0.4) is 0 Å². The van der Waals surface area contributed by atoms with Gasteiger partial charge in [-0.15, -0.1) is 0 Å². The van der Waals surface area contributed by atoms with Crippen molar-refractivity contribution in [2.24, 2.45) is 17.7 Å². The maximum atomic E-state index is 5.76. The lowest BCUT2D eigenvalue weighted by Gasteiger charge is -2.35. The van der Waals surface area contributed by atoms with Crippen LogP contribution in [0.1, 0.15) is 44.9 Å². The highest BCUT2D eigenvalue weighted by atomic mass is 15.4. The zero-order chi connectivity index (χ0) is 9.10. The predicted octanol–water partition coefficient (Wildman–Crippen LogP) is 2.15. The molecule has 2 heteroatoms. The zero-order valence-electron chi connectivity index (χ0n) is 8.54. The van der Waals surface area contributed by atoms with Crippen molar-refractivity contribution in [1.82, 2.24) is 5.01 Å². The highest BCUT2D eigenvalue weighted by Gasteiger charge is 2.26. The Bertz CT molecular complexity index is 144. The Kier molecular flexibility index (Phi) is 3.23. The van der Waals surface area contributed by atoms with E-state index in [0.29, 0.717) is 0 Å². The number of hydrogen-bond donors (Lipinski definition) is 1. The summed E-state index contributed by atoms with van der Waals surface area (Å²) in [5.41, 5.74) is 0. The van der Waals surface area contributed by atoms with Gasteiger partial charge in [-0.3, -0.25) is 5.84 Å². The molecule has 0 amide bonds. The molecule has 76 valence electrons. The molecule has 2 nitrogen and oxygen atoms in total. The molecule has 0 radical (unpaired) electrons. The summed E-state index contributed by atoms with van der Waals surface area (Å²) >= 11 is 0. The van der Waals surface area contributed by atoms with Crippen LogP contribution in [0.15, 0.2) is 0 Å². The molecule has 2 rings (SSSR count). The Hall–Kier alpha value is -0.0800. The second-order valence-corrected chi connectivity index (χ2v) is 4.77. The first-order valence-corrected chi connectivity index (χ1v) is 5.86. The molecule has 0 atom stereocenters. The van der Waals surface area contributed by atoms with Gasteiger partial charge in [0.1, 0.15) is 0 Å². The van der Waals surface area contributed by atoms with Gasteiger partial charge in [0.2, 0.25) is 0 Å². The minimum absolute atomic E-state index is 1.00. The fourth-order valence-corrected chi connectivity index (χ4v) is 3.00. The van der Waals surface area contributed by atoms with Crippen LogP contribution in [0, 0.1) is 11.8 Å². The highest BCUT2D eigenvalue weighted by Crippen LogP contribution is 2.34. The molecule has 0 bridgehead atoms. The van der Waals surface area contributed by atoms with Crippen molar-refractivity contribution in [3.63, 3.8) is 0 Å². The van der Waals surface area contributed by atoms with Crippen LogP contribution in [0.2, 0.25) is 0 Å². The molecule has 1 heterocycles. The molecule has 0 aromatic carbocycles. The van der Waals surface area contributed by atoms with Gasteiger partial charge in [0, 0.05) is 13.1 Å². The second-order valence-electron chi connectivity index (χ2n) is 4.77. The fourth-order valence-electron chi connectivity index (χ4n) is 3.00. The van der Waals surface area contributed by atoms with E-state index in [1.54, 1.807) is 0 Å². The molecule has 1 saturated heterocycles. The van der Waals surface area contributed by atoms with Gasteiger partial charge in [-0.2, -0.15) is 0 Å². The van der Waals surface area contributed by atoms with E-state index in [2.05, 4.69) is 0 Å². The van der Waals surface area contributed by atoms with Gasteiger partial charge in [-0.25, -0.2) is 5.01 Å². The molecule has 0 aromatic heterocycles. The van der Waals surface area contributed by atoms with E-state index in [0.717, 1.165) is 24.9 Å². The molecule has 1 aliphatic heterocycles. The van der Waals surface area contributed by atoms with Crippen molar-refractivity contribution in [2.75, 3.05) is 13.1 Å². The number of rotatable bonds is 1. The third-order valence-corrected chi connectivity index (χ3v) is 3.89. The summed E-state index contributed by atoms with van der Waals surface area (Å²) in [5.74, 6) is 7.80. The topological polar surface area (TPSA) is 29.3 Å². The third-order valence-electron chi connectivity index (χ3n) is 3.89. The molecule has 1 saturated carbocycles. The summed E-state index contributed by atoms with van der Waals surface area (Å²) in [4.78, 5) is 0. The normalized spacial score (nSPS) is 29.3. The first kappa shape index (κ1) is 9.47. The zero-order valence-corrected chi connectivity index (χ0v) is 8.54. The monoisotopic (exact) mass is 182 g/mol. The van der Waals surface area contributed by atoms with E-state index in [-0.39, 0.29) is 0 Å². The van der Waals surface area contributed by atoms with Crippen molar-refractivity contribution < 1.29 is 0 Å². The molecular formula is C11H22N2. The lowest BCUT2D eigenvalue weighted by atomic mass is 9.76. The average molecular weight is 182 g/mol. The summed E-state index contributed by atoms with van der Waals surface area (Å²) in [5, 5.41) is 1.99. The van der Waals surface area contributed by atoms with E-state index in [9.17, 15) is 0 Å². The van der Waals surface area contributed by atoms with Gasteiger partial charge >= 0.3 is 0 Å². The summed E-state index contributed by atoms with van der Waals surface area (Å²) < 4.78 is 0. The van der Waals surface area contributed by atoms with Crippen molar-refractivity contribution in [1.29, 1.82) is 0 Å². The van der Waals surface area contributed by atoms with Crippen LogP contribution >= 0.6 is 0 Å². The largest absolute Gasteiger partial charge is 0.269 e. The number of nitrogens with zero attached hydrogens (tertiary/aromatic N) is 1. The number of piperidine rings is 1. The fraction of sp³-hybridized carbons (Fsp3) is 1.00. The second kappa shape index (κ2) is 4.43. The predicted molar refractivity (Wildman–Crippen MR) is 55.1 cm³/mol. The standard InChI is InChI=1S/C11H22N2/c12-13-8-6-11(7-9-13)10-4-2-1-3-5-10/h10-11H,1-9,12H2. The first-order chi connectivity index (χ1) is 6.36. The van der Waals surface area contributed by atoms with Crippen molar-refractivity contribution >= 4 is 0 Å². The summed E-state index contributed by atoms with van der Waals surface area (Å²) in [6, 6.07) is 0. The quantitative estimate of drug-likeness (QED) is 0.630. The highest BCUT2D eigenvalue weighted by molar-refractivity contribution is 4.78. The molecule has 1 aliphatic carbocycles. The van der Waals surface area contributed by atoms with Crippen LogP contribution in [0.4, 0.5) is 0 Å². The van der Waals surface area contributed by atoms with Crippen molar-refractivity contribution in [3.05, 3.63) is 0 Å². The van der Waals surface area contributed by atoms with Crippen LogP contribution in [0.5, 0.6) is 0 Å². The smallest absolute Gasteiger partial charge is 0.0131 e. The Balaban J connectivity index is 1.79. The first-order valence-electron chi connectivity index (χ1n) is 5.86. The van der Waals surface area contributed by atoms with Gasteiger partial charge in [0.05, 0.1) is 0 Å². The molecule has 13 heavy (non-hydrogen) atoms. The van der Waals surface area contributed by atoms with Gasteiger partial charge < -0.3 is 0 Å². The number of nitrogens with two attached hydrogens (primary N) is 1. The van der Waals surface area contributed by atoms with Gasteiger partial charge in [0.15, 0.2) is 0 Å². The summed E-state index contributed by atoms with van der Waals surface area (Å²) in [6.45, 7) is 2.25. The van der Waals surface area contributed by atoms with Crippen molar-refractivity contribution in [2.45, 2.75) is 44.9 Å². The van der Waals surface area contributed by atoms with Crippen LogP contribution < -0.4 is 5.84 Å². The minimum atomic E-state index is 1.00. The molecule has 2 N–H and O–H groups in total. The summed E-state index contributed by atoms with van der Waals surface area (Å²) in [7, 11) is 0. The SMILES string of the molecule is NN1CCC(C2CCCCC2)CC1.